The van der Waals surface area contributed by atoms with Gasteiger partial charge < -0.3 is 4.43 Å². The predicted octanol–water partition coefficient (Wildman–Crippen LogP) is 6.45. The molecule has 0 aliphatic carbocycles. The molecule has 1 atom stereocenters. The topological polar surface area (TPSA) is 26.3 Å². The summed E-state index contributed by atoms with van der Waals surface area (Å²) in [7, 11) is -1.86. The molecule has 0 N–H and O–H groups in total. The van der Waals surface area contributed by atoms with Crippen molar-refractivity contribution >= 4 is 14.1 Å². The normalized spacial score (nSPS) is 13.4. The number of rotatable bonds is 6. The van der Waals surface area contributed by atoms with Crippen molar-refractivity contribution in [3.8, 4) is 5.75 Å². The van der Waals surface area contributed by atoms with Crippen LogP contribution in [0.5, 0.6) is 5.75 Å². The van der Waals surface area contributed by atoms with Crippen LogP contribution in [-0.2, 0) is 0 Å². The number of ketones is 1. The standard InChI is InChI=1S/C22H30O2Si/c1-7-20(17-11-9-8-10-12-17)21(23)18-13-15-19(16-14-18)24-25(5,6)22(2,3)4/h8-16,20H,7H2,1-6H3. The molecule has 2 aromatic carbocycles. The molecule has 0 amide bonds. The zero-order valence-electron chi connectivity index (χ0n) is 16.3. The fourth-order valence-corrected chi connectivity index (χ4v) is 3.63. The Morgan fingerprint density at radius 1 is 1.00 bits per heavy atom. The summed E-state index contributed by atoms with van der Waals surface area (Å²) in [6.07, 6.45) is 0.797. The summed E-state index contributed by atoms with van der Waals surface area (Å²) in [6, 6.07) is 17.7. The first-order valence-electron chi connectivity index (χ1n) is 9.04. The molecular weight excluding hydrogens is 324 g/mol. The second-order valence-electron chi connectivity index (χ2n) is 8.12. The van der Waals surface area contributed by atoms with Gasteiger partial charge in [0.2, 0.25) is 8.32 Å². The average Bonchev–Trinajstić information content (AvgIpc) is 2.55. The van der Waals surface area contributed by atoms with Gasteiger partial charge in [0.25, 0.3) is 0 Å². The Kier molecular flexibility index (Phi) is 5.89. The van der Waals surface area contributed by atoms with Gasteiger partial charge in [-0.05, 0) is 54.4 Å². The number of hydrogen-bond donors (Lipinski definition) is 0. The molecule has 25 heavy (non-hydrogen) atoms. The minimum absolute atomic E-state index is 0.0895. The van der Waals surface area contributed by atoms with Gasteiger partial charge in [0.15, 0.2) is 5.78 Å². The van der Waals surface area contributed by atoms with Gasteiger partial charge >= 0.3 is 0 Å². The van der Waals surface area contributed by atoms with E-state index >= 15 is 0 Å². The second kappa shape index (κ2) is 7.57. The maximum atomic E-state index is 12.9. The van der Waals surface area contributed by atoms with Crippen molar-refractivity contribution in [1.82, 2.24) is 0 Å². The number of benzene rings is 2. The van der Waals surface area contributed by atoms with Crippen molar-refractivity contribution in [3.63, 3.8) is 0 Å². The van der Waals surface area contributed by atoms with E-state index in [4.69, 9.17) is 4.43 Å². The van der Waals surface area contributed by atoms with E-state index < -0.39 is 8.32 Å². The third kappa shape index (κ3) is 4.60. The lowest BCUT2D eigenvalue weighted by molar-refractivity contribution is 0.0957. The lowest BCUT2D eigenvalue weighted by Gasteiger charge is -2.36. The summed E-state index contributed by atoms with van der Waals surface area (Å²) >= 11 is 0. The third-order valence-corrected chi connectivity index (χ3v) is 9.60. The van der Waals surface area contributed by atoms with Crippen LogP contribution in [0.2, 0.25) is 18.1 Å². The third-order valence-electron chi connectivity index (χ3n) is 5.24. The molecule has 0 spiro atoms. The maximum absolute atomic E-state index is 12.9. The molecule has 0 aromatic heterocycles. The second-order valence-corrected chi connectivity index (χ2v) is 12.8. The van der Waals surface area contributed by atoms with E-state index in [1.165, 1.54) is 0 Å². The van der Waals surface area contributed by atoms with Crippen LogP contribution >= 0.6 is 0 Å². The van der Waals surface area contributed by atoms with Gasteiger partial charge in [-0.25, -0.2) is 0 Å². The monoisotopic (exact) mass is 354 g/mol. The Morgan fingerprint density at radius 3 is 2.04 bits per heavy atom. The maximum Gasteiger partial charge on any atom is 0.250 e. The van der Waals surface area contributed by atoms with E-state index in [0.717, 1.165) is 23.3 Å². The van der Waals surface area contributed by atoms with Crippen molar-refractivity contribution in [1.29, 1.82) is 0 Å². The van der Waals surface area contributed by atoms with Crippen molar-refractivity contribution in [2.24, 2.45) is 0 Å². The van der Waals surface area contributed by atoms with Crippen LogP contribution in [0.1, 0.15) is 56.0 Å². The van der Waals surface area contributed by atoms with E-state index in [1.807, 2.05) is 54.6 Å². The zero-order chi connectivity index (χ0) is 18.7. The Balaban J connectivity index is 2.18. The molecule has 134 valence electrons. The Bertz CT molecular complexity index is 697. The summed E-state index contributed by atoms with van der Waals surface area (Å²) in [6.45, 7) is 13.2. The fraction of sp³-hybridized carbons (Fsp3) is 0.409. The van der Waals surface area contributed by atoms with Crippen LogP contribution in [0.4, 0.5) is 0 Å². The molecular formula is C22H30O2Si. The van der Waals surface area contributed by atoms with Crippen LogP contribution in [0, 0.1) is 0 Å². The summed E-state index contributed by atoms with van der Waals surface area (Å²) in [4.78, 5) is 12.9. The van der Waals surface area contributed by atoms with Gasteiger partial charge in [-0.3, -0.25) is 4.79 Å². The highest BCUT2D eigenvalue weighted by molar-refractivity contribution is 6.74. The highest BCUT2D eigenvalue weighted by Crippen LogP contribution is 2.37. The van der Waals surface area contributed by atoms with E-state index in [0.29, 0.717) is 0 Å². The van der Waals surface area contributed by atoms with Crippen LogP contribution < -0.4 is 4.43 Å². The Morgan fingerprint density at radius 2 is 1.56 bits per heavy atom. The van der Waals surface area contributed by atoms with E-state index in [1.54, 1.807) is 0 Å². The van der Waals surface area contributed by atoms with Crippen LogP contribution in [0.15, 0.2) is 54.6 Å². The minimum atomic E-state index is -1.86. The lowest BCUT2D eigenvalue weighted by atomic mass is 9.89. The summed E-state index contributed by atoms with van der Waals surface area (Å²) in [5, 5.41) is 0.155. The van der Waals surface area contributed by atoms with E-state index in [9.17, 15) is 4.79 Å². The minimum Gasteiger partial charge on any atom is -0.544 e. The molecule has 0 aliphatic rings. The quantitative estimate of drug-likeness (QED) is 0.440. The van der Waals surface area contributed by atoms with Gasteiger partial charge in [-0.1, -0.05) is 58.0 Å². The van der Waals surface area contributed by atoms with Crippen LogP contribution in [-0.4, -0.2) is 14.1 Å². The van der Waals surface area contributed by atoms with Crippen molar-refractivity contribution in [3.05, 3.63) is 65.7 Å². The van der Waals surface area contributed by atoms with Gasteiger partial charge in [0, 0.05) is 11.5 Å². The average molecular weight is 355 g/mol. The Hall–Kier alpha value is -1.87. The Labute approximate surface area is 153 Å². The number of carbonyl (C=O) groups is 1. The largest absolute Gasteiger partial charge is 0.544 e. The number of carbonyl (C=O) groups excluding carboxylic acids is 1. The molecule has 3 heteroatoms. The molecule has 0 saturated heterocycles. The van der Waals surface area contributed by atoms with E-state index in [-0.39, 0.29) is 16.7 Å². The first kappa shape index (κ1) is 19.5. The van der Waals surface area contributed by atoms with Gasteiger partial charge in [0.05, 0.1) is 0 Å². The number of hydrogen-bond acceptors (Lipinski definition) is 2. The highest BCUT2D eigenvalue weighted by Gasteiger charge is 2.38. The molecule has 2 nitrogen and oxygen atoms in total. The molecule has 0 aliphatic heterocycles. The van der Waals surface area contributed by atoms with Crippen LogP contribution in [0.3, 0.4) is 0 Å². The summed E-state index contributed by atoms with van der Waals surface area (Å²) < 4.78 is 6.30. The molecule has 0 fully saturated rings. The summed E-state index contributed by atoms with van der Waals surface area (Å²) in [5.74, 6) is 0.942. The molecule has 0 radical (unpaired) electrons. The zero-order valence-corrected chi connectivity index (χ0v) is 17.3. The summed E-state index contributed by atoms with van der Waals surface area (Å²) in [5.41, 5.74) is 1.83. The predicted molar refractivity (Wildman–Crippen MR) is 108 cm³/mol. The van der Waals surface area contributed by atoms with Crippen molar-refractivity contribution in [2.45, 2.75) is 58.2 Å². The smallest absolute Gasteiger partial charge is 0.250 e. The van der Waals surface area contributed by atoms with Gasteiger partial charge in [0.1, 0.15) is 5.75 Å². The number of Topliss-reactive ketones (excluding diaryl/α,β-unsaturated/α-hetero) is 1. The highest BCUT2D eigenvalue weighted by atomic mass is 28.4. The first-order chi connectivity index (χ1) is 11.7. The molecule has 2 rings (SSSR count). The van der Waals surface area contributed by atoms with Crippen molar-refractivity contribution < 1.29 is 9.22 Å². The molecule has 0 saturated carbocycles. The molecule has 2 aromatic rings. The van der Waals surface area contributed by atoms with Gasteiger partial charge in [-0.15, -0.1) is 0 Å². The first-order valence-corrected chi connectivity index (χ1v) is 11.9. The van der Waals surface area contributed by atoms with E-state index in [2.05, 4.69) is 40.8 Å². The molecule has 0 bridgehead atoms. The SMILES string of the molecule is CCC(C(=O)c1ccc(O[Si](C)(C)C(C)(C)C)cc1)c1ccccc1. The van der Waals surface area contributed by atoms with Crippen LogP contribution in [0.25, 0.3) is 0 Å². The molecule has 0 heterocycles. The fourth-order valence-electron chi connectivity index (χ4n) is 2.59. The molecule has 1 unspecified atom stereocenters. The lowest BCUT2D eigenvalue weighted by Crippen LogP contribution is -2.43. The van der Waals surface area contributed by atoms with Crippen molar-refractivity contribution in [2.75, 3.05) is 0 Å². The van der Waals surface area contributed by atoms with Gasteiger partial charge in [-0.2, -0.15) is 0 Å².